The zero-order chi connectivity index (χ0) is 13.1. The van der Waals surface area contributed by atoms with Crippen molar-refractivity contribution in [2.45, 2.75) is 19.9 Å². The third-order valence-corrected chi connectivity index (χ3v) is 3.36. The van der Waals surface area contributed by atoms with Crippen LogP contribution in [-0.2, 0) is 0 Å². The fourth-order valence-corrected chi connectivity index (χ4v) is 2.22. The third kappa shape index (κ3) is 2.62. The van der Waals surface area contributed by atoms with E-state index in [1.165, 1.54) is 12.4 Å². The van der Waals surface area contributed by atoms with E-state index in [1.54, 1.807) is 17.5 Å². The van der Waals surface area contributed by atoms with Crippen LogP contribution in [0.4, 0.5) is 5.82 Å². The van der Waals surface area contributed by atoms with E-state index in [4.69, 9.17) is 5.11 Å². The van der Waals surface area contributed by atoms with Crippen molar-refractivity contribution in [3.63, 3.8) is 0 Å². The largest absolute Gasteiger partial charge is 0.476 e. The molecule has 2 N–H and O–H groups in total. The van der Waals surface area contributed by atoms with E-state index in [9.17, 15) is 4.79 Å². The summed E-state index contributed by atoms with van der Waals surface area (Å²) >= 11 is 1.56. The number of carboxylic acid groups (broad SMARTS) is 1. The van der Waals surface area contributed by atoms with Crippen molar-refractivity contribution >= 4 is 23.1 Å². The van der Waals surface area contributed by atoms with E-state index in [0.717, 1.165) is 9.88 Å². The van der Waals surface area contributed by atoms with Gasteiger partial charge in [0, 0.05) is 23.5 Å². The van der Waals surface area contributed by atoms with E-state index >= 15 is 0 Å². The second kappa shape index (κ2) is 5.09. The van der Waals surface area contributed by atoms with Crippen LogP contribution in [0, 0.1) is 6.92 Å². The number of aryl methyl sites for hydroxylation is 1. The molecule has 18 heavy (non-hydrogen) atoms. The quantitative estimate of drug-likeness (QED) is 0.879. The number of nitrogens with zero attached hydrogens (tertiary/aromatic N) is 3. The number of carbonyl (C=O) groups is 1. The second-order valence-electron chi connectivity index (χ2n) is 3.73. The summed E-state index contributed by atoms with van der Waals surface area (Å²) in [5, 5.41) is 12.9. The smallest absolute Gasteiger partial charge is 0.358 e. The minimum atomic E-state index is -1.10. The molecular weight excluding hydrogens is 252 g/mol. The molecule has 2 aromatic heterocycles. The van der Waals surface area contributed by atoms with Gasteiger partial charge in [-0.25, -0.2) is 19.7 Å². The molecule has 0 spiro atoms. The third-order valence-electron chi connectivity index (χ3n) is 2.26. The van der Waals surface area contributed by atoms with E-state index < -0.39 is 5.97 Å². The Morgan fingerprint density at radius 2 is 2.11 bits per heavy atom. The van der Waals surface area contributed by atoms with Gasteiger partial charge in [-0.3, -0.25) is 0 Å². The molecule has 1 unspecified atom stereocenters. The number of carboxylic acids is 1. The summed E-state index contributed by atoms with van der Waals surface area (Å²) in [5.41, 5.74) is -0.0855. The molecule has 7 heteroatoms. The predicted molar refractivity (Wildman–Crippen MR) is 67.9 cm³/mol. The van der Waals surface area contributed by atoms with Crippen molar-refractivity contribution in [1.82, 2.24) is 15.0 Å². The molecule has 2 aromatic rings. The summed E-state index contributed by atoms with van der Waals surface area (Å²) in [7, 11) is 0. The topological polar surface area (TPSA) is 88.0 Å². The number of rotatable bonds is 4. The highest BCUT2D eigenvalue weighted by Crippen LogP contribution is 2.23. The normalized spacial score (nSPS) is 12.1. The van der Waals surface area contributed by atoms with Crippen molar-refractivity contribution in [3.8, 4) is 0 Å². The van der Waals surface area contributed by atoms with Crippen molar-refractivity contribution in [1.29, 1.82) is 0 Å². The lowest BCUT2D eigenvalue weighted by atomic mass is 10.3. The van der Waals surface area contributed by atoms with E-state index in [0.29, 0.717) is 0 Å². The van der Waals surface area contributed by atoms with Gasteiger partial charge in [-0.2, -0.15) is 0 Å². The Kier molecular flexibility index (Phi) is 3.52. The molecule has 0 saturated heterocycles. The zero-order valence-electron chi connectivity index (χ0n) is 9.91. The molecule has 0 fully saturated rings. The molecule has 0 aliphatic rings. The van der Waals surface area contributed by atoms with Crippen LogP contribution in [0.1, 0.15) is 33.3 Å². The van der Waals surface area contributed by atoms with Crippen molar-refractivity contribution < 1.29 is 9.90 Å². The average Bonchev–Trinajstić information content (AvgIpc) is 2.76. The summed E-state index contributed by atoms with van der Waals surface area (Å²) in [4.78, 5) is 24.1. The van der Waals surface area contributed by atoms with Gasteiger partial charge in [-0.05, 0) is 13.8 Å². The van der Waals surface area contributed by atoms with Crippen molar-refractivity contribution in [2.75, 3.05) is 5.32 Å². The highest BCUT2D eigenvalue weighted by atomic mass is 32.1. The number of thiazole rings is 1. The van der Waals surface area contributed by atoms with Crippen LogP contribution in [0.15, 0.2) is 18.6 Å². The summed E-state index contributed by atoms with van der Waals surface area (Å²) in [5.74, 6) is -0.849. The first-order valence-electron chi connectivity index (χ1n) is 5.31. The number of hydrogen-bond acceptors (Lipinski definition) is 6. The highest BCUT2D eigenvalue weighted by Gasteiger charge is 2.16. The summed E-state index contributed by atoms with van der Waals surface area (Å²) in [6, 6.07) is -0.113. The molecule has 1 atom stereocenters. The molecular formula is C11H12N4O2S. The van der Waals surface area contributed by atoms with E-state index in [1.807, 2.05) is 13.8 Å². The molecule has 0 amide bonds. The molecule has 0 radical (unpaired) electrons. The number of hydrogen-bond donors (Lipinski definition) is 2. The number of anilines is 1. The standard InChI is InChI=1S/C11H12N4O2S/c1-6-5-14-10(18-6)7(2)15-9-8(11(16)17)12-3-4-13-9/h3-5,7H,1-2H3,(H,13,15)(H,16,17). The number of aromatic nitrogens is 3. The molecule has 0 saturated carbocycles. The number of aromatic carboxylic acids is 1. The molecule has 0 aliphatic heterocycles. The Morgan fingerprint density at radius 1 is 1.39 bits per heavy atom. The lowest BCUT2D eigenvalue weighted by Gasteiger charge is -2.12. The Labute approximate surface area is 108 Å². The summed E-state index contributed by atoms with van der Waals surface area (Å²) < 4.78 is 0. The Bertz CT molecular complexity index is 570. The van der Waals surface area contributed by atoms with Gasteiger partial charge in [0.25, 0.3) is 0 Å². The maximum Gasteiger partial charge on any atom is 0.358 e. The first-order valence-corrected chi connectivity index (χ1v) is 6.12. The Hall–Kier alpha value is -2.02. The summed E-state index contributed by atoms with van der Waals surface area (Å²) in [6.07, 6.45) is 4.59. The fourth-order valence-electron chi connectivity index (χ4n) is 1.44. The maximum atomic E-state index is 11.0. The van der Waals surface area contributed by atoms with Gasteiger partial charge in [0.2, 0.25) is 0 Å². The van der Waals surface area contributed by atoms with Crippen molar-refractivity contribution in [2.24, 2.45) is 0 Å². The maximum absolute atomic E-state index is 11.0. The van der Waals surface area contributed by atoms with Gasteiger partial charge in [0.05, 0.1) is 6.04 Å². The number of nitrogens with one attached hydrogen (secondary N) is 1. The monoisotopic (exact) mass is 264 g/mol. The fraction of sp³-hybridized carbons (Fsp3) is 0.273. The molecule has 0 aromatic carbocycles. The van der Waals surface area contributed by atoms with Crippen LogP contribution in [-0.4, -0.2) is 26.0 Å². The average molecular weight is 264 g/mol. The molecule has 2 heterocycles. The van der Waals surface area contributed by atoms with Gasteiger partial charge in [-0.15, -0.1) is 11.3 Å². The Balaban J connectivity index is 2.21. The molecule has 2 rings (SSSR count). The molecule has 0 bridgehead atoms. The van der Waals surface area contributed by atoms with Crippen LogP contribution < -0.4 is 5.32 Å². The zero-order valence-corrected chi connectivity index (χ0v) is 10.7. The highest BCUT2D eigenvalue weighted by molar-refractivity contribution is 7.11. The second-order valence-corrected chi connectivity index (χ2v) is 5.00. The van der Waals surface area contributed by atoms with Gasteiger partial charge >= 0.3 is 5.97 Å². The summed E-state index contributed by atoms with van der Waals surface area (Å²) in [6.45, 7) is 3.87. The van der Waals surface area contributed by atoms with E-state index in [-0.39, 0.29) is 17.6 Å². The minimum absolute atomic E-state index is 0.0855. The molecule has 94 valence electrons. The van der Waals surface area contributed by atoms with Crippen LogP contribution >= 0.6 is 11.3 Å². The lowest BCUT2D eigenvalue weighted by molar-refractivity contribution is 0.0691. The first-order chi connectivity index (χ1) is 8.58. The van der Waals surface area contributed by atoms with Crippen LogP contribution in [0.5, 0.6) is 0 Å². The van der Waals surface area contributed by atoms with Crippen molar-refractivity contribution in [3.05, 3.63) is 34.2 Å². The lowest BCUT2D eigenvalue weighted by Crippen LogP contribution is -2.13. The van der Waals surface area contributed by atoms with Gasteiger partial charge in [-0.1, -0.05) is 0 Å². The SMILES string of the molecule is Cc1cnc(C(C)Nc2nccnc2C(=O)O)s1. The van der Waals surface area contributed by atoms with Gasteiger partial charge < -0.3 is 10.4 Å². The van der Waals surface area contributed by atoms with E-state index in [2.05, 4.69) is 20.3 Å². The minimum Gasteiger partial charge on any atom is -0.476 e. The van der Waals surface area contributed by atoms with Gasteiger partial charge in [0.15, 0.2) is 11.5 Å². The predicted octanol–water partition coefficient (Wildman–Crippen LogP) is 2.11. The Morgan fingerprint density at radius 3 is 2.72 bits per heavy atom. The van der Waals surface area contributed by atoms with Crippen LogP contribution in [0.2, 0.25) is 0 Å². The molecule has 0 aliphatic carbocycles. The van der Waals surface area contributed by atoms with Gasteiger partial charge in [0.1, 0.15) is 5.01 Å². The molecule has 6 nitrogen and oxygen atoms in total. The van der Waals surface area contributed by atoms with Crippen LogP contribution in [0.25, 0.3) is 0 Å². The van der Waals surface area contributed by atoms with Crippen LogP contribution in [0.3, 0.4) is 0 Å². The first kappa shape index (κ1) is 12.4.